The molecule has 0 amide bonds. The fourth-order valence-corrected chi connectivity index (χ4v) is 5.60. The first kappa shape index (κ1) is 46.8. The number of rotatable bonds is 36. The lowest BCUT2D eigenvalue weighted by atomic mass is 10.0. The van der Waals surface area contributed by atoms with E-state index in [4.69, 9.17) is 9.47 Å². The summed E-state index contributed by atoms with van der Waals surface area (Å²) in [4.78, 5) is 24.3. The summed E-state index contributed by atoms with van der Waals surface area (Å²) in [6.45, 7) is 3.95. The molecule has 2 atom stereocenters. The highest BCUT2D eigenvalue weighted by atomic mass is 16.6. The van der Waals surface area contributed by atoms with Gasteiger partial charge in [-0.25, -0.2) is 0 Å². The number of aliphatic hydroxyl groups excluding tert-OH is 2. The van der Waals surface area contributed by atoms with Crippen molar-refractivity contribution in [2.75, 3.05) is 13.2 Å². The van der Waals surface area contributed by atoms with Crippen LogP contribution in [0.15, 0.2) is 48.6 Å². The van der Waals surface area contributed by atoms with Gasteiger partial charge in [-0.05, 0) is 44.9 Å². The van der Waals surface area contributed by atoms with Gasteiger partial charge in [0.1, 0.15) is 6.61 Å². The lowest BCUT2D eigenvalue weighted by Crippen LogP contribution is -2.28. The van der Waals surface area contributed by atoms with Gasteiger partial charge in [-0.15, -0.1) is 0 Å². The van der Waals surface area contributed by atoms with Crippen molar-refractivity contribution in [1.29, 1.82) is 0 Å². The number of hydrogen-bond donors (Lipinski definition) is 2. The van der Waals surface area contributed by atoms with Gasteiger partial charge in [0.25, 0.3) is 0 Å². The Hall–Kier alpha value is -2.18. The first-order valence-electron chi connectivity index (χ1n) is 20.3. The van der Waals surface area contributed by atoms with Gasteiger partial charge >= 0.3 is 11.9 Å². The van der Waals surface area contributed by atoms with Crippen LogP contribution in [0.2, 0.25) is 0 Å². The van der Waals surface area contributed by atoms with E-state index in [1.165, 1.54) is 109 Å². The predicted octanol–water partition coefficient (Wildman–Crippen LogP) is 11.6. The second-order valence-corrected chi connectivity index (χ2v) is 13.6. The van der Waals surface area contributed by atoms with E-state index in [0.29, 0.717) is 19.3 Å². The molecule has 0 aromatic carbocycles. The molecule has 0 fully saturated rings. The third-order valence-electron chi connectivity index (χ3n) is 8.73. The molecule has 0 saturated heterocycles. The van der Waals surface area contributed by atoms with Crippen LogP contribution < -0.4 is 0 Å². The Morgan fingerprint density at radius 1 is 0.571 bits per heavy atom. The maximum Gasteiger partial charge on any atom is 0.306 e. The van der Waals surface area contributed by atoms with Crippen LogP contribution in [0.25, 0.3) is 0 Å². The predicted molar refractivity (Wildman–Crippen MR) is 206 cm³/mol. The number of carbonyl (C=O) groups is 2. The van der Waals surface area contributed by atoms with E-state index in [1.54, 1.807) is 6.08 Å². The number of unbranched alkanes of at least 4 members (excludes halogenated alkanes) is 19. The van der Waals surface area contributed by atoms with E-state index in [0.717, 1.165) is 38.5 Å². The van der Waals surface area contributed by atoms with Gasteiger partial charge < -0.3 is 19.7 Å². The standard InChI is InChI=1S/C43H76O6/c1-3-5-7-9-11-13-15-17-18-19-20-22-24-26-28-30-32-36-43(47)49-41(38-44)39-48-42(46)37-33-35-40(45)34-31-29-27-25-23-21-16-14-12-10-8-6-4-2/h12,14,21,23,27,29,31,34,40-41,44-45H,3-11,13,15-20,22,24-26,28,30,32-33,35-39H2,1-2H3/b14-12-,23-21-,29-27-,34-31+/t40-,41+/m1/s1. The summed E-state index contributed by atoms with van der Waals surface area (Å²) >= 11 is 0. The second-order valence-electron chi connectivity index (χ2n) is 13.6. The SMILES string of the molecule is CCCCC/C=C\C/C=C\C/C=C\C=C\[C@@H](O)CCCC(=O)OC[C@H](CO)OC(=O)CCCCCCCCCCCCCCCCCCC. The van der Waals surface area contributed by atoms with Crippen molar-refractivity contribution in [2.24, 2.45) is 0 Å². The summed E-state index contributed by atoms with van der Waals surface area (Å²) in [6, 6.07) is 0. The average Bonchev–Trinajstić information content (AvgIpc) is 3.10. The van der Waals surface area contributed by atoms with Crippen molar-refractivity contribution < 1.29 is 29.3 Å². The second kappa shape index (κ2) is 38.6. The number of esters is 2. The Kier molecular flexibility index (Phi) is 36.9. The van der Waals surface area contributed by atoms with Crippen molar-refractivity contribution in [3.63, 3.8) is 0 Å². The van der Waals surface area contributed by atoms with Crippen LogP contribution >= 0.6 is 0 Å². The van der Waals surface area contributed by atoms with Crippen molar-refractivity contribution in [3.05, 3.63) is 48.6 Å². The average molecular weight is 689 g/mol. The van der Waals surface area contributed by atoms with Crippen LogP contribution in [0.3, 0.4) is 0 Å². The number of carbonyl (C=O) groups excluding carboxylic acids is 2. The Morgan fingerprint density at radius 3 is 1.63 bits per heavy atom. The Balaban J connectivity index is 3.73. The number of hydrogen-bond acceptors (Lipinski definition) is 6. The van der Waals surface area contributed by atoms with E-state index in [2.05, 4.69) is 38.2 Å². The first-order chi connectivity index (χ1) is 24.0. The van der Waals surface area contributed by atoms with Gasteiger partial charge in [-0.3, -0.25) is 9.59 Å². The van der Waals surface area contributed by atoms with Crippen LogP contribution in [0.5, 0.6) is 0 Å². The van der Waals surface area contributed by atoms with Crippen LogP contribution in [0.4, 0.5) is 0 Å². The van der Waals surface area contributed by atoms with E-state index in [-0.39, 0.29) is 25.6 Å². The highest BCUT2D eigenvalue weighted by molar-refractivity contribution is 5.70. The maximum atomic E-state index is 12.2. The fourth-order valence-electron chi connectivity index (χ4n) is 5.60. The molecule has 284 valence electrons. The molecule has 0 bridgehead atoms. The highest BCUT2D eigenvalue weighted by Crippen LogP contribution is 2.15. The third kappa shape index (κ3) is 36.9. The molecule has 49 heavy (non-hydrogen) atoms. The van der Waals surface area contributed by atoms with Gasteiger partial charge in [0, 0.05) is 12.8 Å². The third-order valence-corrected chi connectivity index (χ3v) is 8.73. The largest absolute Gasteiger partial charge is 0.462 e. The molecule has 0 aliphatic carbocycles. The van der Waals surface area contributed by atoms with Crippen LogP contribution in [0.1, 0.15) is 187 Å². The van der Waals surface area contributed by atoms with Gasteiger partial charge in [0.05, 0.1) is 12.7 Å². The monoisotopic (exact) mass is 689 g/mol. The Morgan fingerprint density at radius 2 is 1.06 bits per heavy atom. The van der Waals surface area contributed by atoms with Gasteiger partial charge in [0.15, 0.2) is 6.10 Å². The van der Waals surface area contributed by atoms with E-state index >= 15 is 0 Å². The molecule has 0 spiro atoms. The number of aliphatic hydroxyl groups is 2. The van der Waals surface area contributed by atoms with Crippen LogP contribution in [0, 0.1) is 0 Å². The van der Waals surface area contributed by atoms with Crippen LogP contribution in [-0.2, 0) is 19.1 Å². The van der Waals surface area contributed by atoms with Gasteiger partial charge in [-0.2, -0.15) is 0 Å². The summed E-state index contributed by atoms with van der Waals surface area (Å²) in [6.07, 6.45) is 44.9. The zero-order chi connectivity index (χ0) is 35.9. The normalized spacial score (nSPS) is 13.3. The molecular weight excluding hydrogens is 612 g/mol. The summed E-state index contributed by atoms with van der Waals surface area (Å²) in [5.41, 5.74) is 0. The molecule has 6 heteroatoms. The Labute approximate surface area is 301 Å². The molecule has 0 radical (unpaired) electrons. The molecule has 0 aromatic rings. The number of ether oxygens (including phenoxy) is 2. The molecular formula is C43H76O6. The molecule has 2 N–H and O–H groups in total. The minimum atomic E-state index is -0.843. The molecule has 0 aliphatic heterocycles. The lowest BCUT2D eigenvalue weighted by Gasteiger charge is -2.16. The summed E-state index contributed by atoms with van der Waals surface area (Å²) in [5.74, 6) is -0.789. The smallest absolute Gasteiger partial charge is 0.306 e. The minimum Gasteiger partial charge on any atom is -0.462 e. The van der Waals surface area contributed by atoms with Crippen molar-refractivity contribution >= 4 is 11.9 Å². The minimum absolute atomic E-state index is 0.156. The topological polar surface area (TPSA) is 93.1 Å². The maximum absolute atomic E-state index is 12.2. The summed E-state index contributed by atoms with van der Waals surface area (Å²) in [7, 11) is 0. The fraction of sp³-hybridized carbons (Fsp3) is 0.767. The molecule has 0 heterocycles. The van der Waals surface area contributed by atoms with Gasteiger partial charge in [-0.1, -0.05) is 178 Å². The van der Waals surface area contributed by atoms with E-state index in [9.17, 15) is 19.8 Å². The first-order valence-corrected chi connectivity index (χ1v) is 20.3. The molecule has 0 aliphatic rings. The molecule has 6 nitrogen and oxygen atoms in total. The van der Waals surface area contributed by atoms with Crippen molar-refractivity contribution in [2.45, 2.75) is 199 Å². The lowest BCUT2D eigenvalue weighted by molar-refractivity contribution is -0.161. The molecule has 0 aromatic heterocycles. The molecule has 0 saturated carbocycles. The van der Waals surface area contributed by atoms with E-state index < -0.39 is 18.2 Å². The quantitative estimate of drug-likeness (QED) is 0.0294. The zero-order valence-corrected chi connectivity index (χ0v) is 31.8. The number of allylic oxidation sites excluding steroid dienone is 7. The molecule has 0 unspecified atom stereocenters. The summed E-state index contributed by atoms with van der Waals surface area (Å²) in [5, 5.41) is 19.7. The summed E-state index contributed by atoms with van der Waals surface area (Å²) < 4.78 is 10.5. The molecule has 0 rings (SSSR count). The Bertz CT molecular complexity index is 845. The van der Waals surface area contributed by atoms with Crippen molar-refractivity contribution in [1.82, 2.24) is 0 Å². The van der Waals surface area contributed by atoms with Crippen molar-refractivity contribution in [3.8, 4) is 0 Å². The van der Waals surface area contributed by atoms with E-state index in [1.807, 2.05) is 18.2 Å². The zero-order valence-electron chi connectivity index (χ0n) is 31.8. The highest BCUT2D eigenvalue weighted by Gasteiger charge is 2.16. The van der Waals surface area contributed by atoms with Crippen LogP contribution in [-0.4, -0.2) is 47.6 Å². The van der Waals surface area contributed by atoms with Gasteiger partial charge in [0.2, 0.25) is 0 Å².